The molecule has 0 N–H and O–H groups in total. The van der Waals surface area contributed by atoms with E-state index in [1.807, 2.05) is 38.1 Å². The van der Waals surface area contributed by atoms with E-state index in [0.29, 0.717) is 55.7 Å². The molecule has 7 nitrogen and oxygen atoms in total. The molecule has 2 fully saturated rings. The number of aryl methyl sites for hydroxylation is 2. The van der Waals surface area contributed by atoms with Crippen molar-refractivity contribution in [1.29, 1.82) is 0 Å². The molecule has 4 rings (SSSR count). The van der Waals surface area contributed by atoms with E-state index in [0.717, 1.165) is 18.4 Å². The lowest BCUT2D eigenvalue weighted by Gasteiger charge is -2.35. The van der Waals surface area contributed by atoms with Crippen LogP contribution in [0.4, 0.5) is 0 Å². The van der Waals surface area contributed by atoms with Gasteiger partial charge in [-0.1, -0.05) is 41.4 Å². The minimum Gasteiger partial charge on any atom is -0.368 e. The summed E-state index contributed by atoms with van der Waals surface area (Å²) in [6.45, 7) is 7.00. The molecule has 1 atom stereocenters. The van der Waals surface area contributed by atoms with Crippen molar-refractivity contribution in [3.63, 3.8) is 0 Å². The lowest BCUT2D eigenvalue weighted by atomic mass is 10.1. The second kappa shape index (κ2) is 8.78. The van der Waals surface area contributed by atoms with Gasteiger partial charge in [-0.25, -0.2) is 4.68 Å². The Labute approximate surface area is 181 Å². The smallest absolute Gasteiger partial charge is 0.259 e. The minimum absolute atomic E-state index is 0.0414. The number of nitrogens with zero attached hydrogens (tertiary/aromatic N) is 4. The van der Waals surface area contributed by atoms with E-state index in [4.69, 9.17) is 16.3 Å². The first-order chi connectivity index (χ1) is 14.4. The molecule has 2 aliphatic rings. The highest BCUT2D eigenvalue weighted by molar-refractivity contribution is 6.33. The summed E-state index contributed by atoms with van der Waals surface area (Å²) in [7, 11) is 0. The predicted molar refractivity (Wildman–Crippen MR) is 114 cm³/mol. The van der Waals surface area contributed by atoms with Gasteiger partial charge in [0.15, 0.2) is 0 Å². The Morgan fingerprint density at radius 2 is 1.77 bits per heavy atom. The number of hydrogen-bond donors (Lipinski definition) is 0. The molecule has 0 spiro atoms. The third-order valence-corrected chi connectivity index (χ3v) is 6.20. The summed E-state index contributed by atoms with van der Waals surface area (Å²) in [6.07, 6.45) is 1.40. The molecule has 0 radical (unpaired) electrons. The van der Waals surface area contributed by atoms with Crippen molar-refractivity contribution in [3.05, 3.63) is 51.8 Å². The quantitative estimate of drug-likeness (QED) is 0.747. The van der Waals surface area contributed by atoms with Crippen LogP contribution in [-0.4, -0.2) is 70.3 Å². The van der Waals surface area contributed by atoms with Gasteiger partial charge < -0.3 is 14.5 Å². The van der Waals surface area contributed by atoms with Crippen LogP contribution < -0.4 is 0 Å². The lowest BCUT2D eigenvalue weighted by molar-refractivity contribution is -0.142. The standard InChI is InChI=1S/C22H27ClN4O3/c1-15-5-7-17(8-6-15)14-27-20(23)19(16(2)24-27)22(29)26-11-9-25(10-12-26)21(28)18-4-3-13-30-18/h5-8,18H,3-4,9-14H2,1-2H3. The third kappa shape index (κ3) is 4.23. The molecule has 0 aliphatic carbocycles. The summed E-state index contributed by atoms with van der Waals surface area (Å²) in [4.78, 5) is 29.2. The van der Waals surface area contributed by atoms with Crippen LogP contribution in [0.3, 0.4) is 0 Å². The summed E-state index contributed by atoms with van der Waals surface area (Å²) >= 11 is 6.56. The van der Waals surface area contributed by atoms with E-state index in [1.165, 1.54) is 5.56 Å². The fourth-order valence-corrected chi connectivity index (χ4v) is 4.35. The Morgan fingerprint density at radius 1 is 1.10 bits per heavy atom. The number of hydrogen-bond acceptors (Lipinski definition) is 4. The second-order valence-electron chi connectivity index (χ2n) is 8.01. The molecule has 2 aromatic rings. The van der Waals surface area contributed by atoms with Crippen molar-refractivity contribution in [2.75, 3.05) is 32.8 Å². The van der Waals surface area contributed by atoms with E-state index in [2.05, 4.69) is 5.10 Å². The maximum absolute atomic E-state index is 13.1. The van der Waals surface area contributed by atoms with Gasteiger partial charge in [0, 0.05) is 32.8 Å². The van der Waals surface area contributed by atoms with Gasteiger partial charge in [0.05, 0.1) is 17.8 Å². The first-order valence-electron chi connectivity index (χ1n) is 10.4. The van der Waals surface area contributed by atoms with Crippen LogP contribution in [0.1, 0.15) is 40.0 Å². The monoisotopic (exact) mass is 430 g/mol. The first kappa shape index (κ1) is 20.9. The van der Waals surface area contributed by atoms with E-state index >= 15 is 0 Å². The fourth-order valence-electron chi connectivity index (χ4n) is 4.03. The second-order valence-corrected chi connectivity index (χ2v) is 8.37. The average Bonchev–Trinajstić information content (AvgIpc) is 3.37. The van der Waals surface area contributed by atoms with Crippen LogP contribution in [-0.2, 0) is 16.1 Å². The van der Waals surface area contributed by atoms with Crippen LogP contribution >= 0.6 is 11.6 Å². The molecule has 30 heavy (non-hydrogen) atoms. The molecule has 8 heteroatoms. The topological polar surface area (TPSA) is 67.7 Å². The van der Waals surface area contributed by atoms with Crippen molar-refractivity contribution >= 4 is 23.4 Å². The summed E-state index contributed by atoms with van der Waals surface area (Å²) < 4.78 is 7.17. The first-order valence-corrected chi connectivity index (χ1v) is 10.8. The normalized spacial score (nSPS) is 19.4. The number of amides is 2. The Morgan fingerprint density at radius 3 is 2.40 bits per heavy atom. The van der Waals surface area contributed by atoms with Gasteiger partial charge in [-0.15, -0.1) is 0 Å². The molecule has 1 aromatic carbocycles. The predicted octanol–water partition coefficient (Wildman–Crippen LogP) is 2.67. The van der Waals surface area contributed by atoms with Gasteiger partial charge in [-0.05, 0) is 32.3 Å². The highest BCUT2D eigenvalue weighted by atomic mass is 35.5. The zero-order valence-electron chi connectivity index (χ0n) is 17.4. The molecular formula is C22H27ClN4O3. The molecule has 1 unspecified atom stereocenters. The van der Waals surface area contributed by atoms with Crippen molar-refractivity contribution < 1.29 is 14.3 Å². The maximum atomic E-state index is 13.1. The Balaban J connectivity index is 1.42. The van der Waals surface area contributed by atoms with Gasteiger partial charge >= 0.3 is 0 Å². The third-order valence-electron chi connectivity index (χ3n) is 5.82. The molecular weight excluding hydrogens is 404 g/mol. The Kier molecular flexibility index (Phi) is 6.11. The molecule has 0 bridgehead atoms. The number of rotatable bonds is 4. The zero-order chi connectivity index (χ0) is 21.3. The van der Waals surface area contributed by atoms with Gasteiger partial charge in [0.1, 0.15) is 11.3 Å². The SMILES string of the molecule is Cc1ccc(Cn2nc(C)c(C(=O)N3CCN(C(=O)C4CCCO4)CC3)c2Cl)cc1. The molecule has 2 saturated heterocycles. The van der Waals surface area contributed by atoms with Gasteiger partial charge in [0.2, 0.25) is 0 Å². The molecule has 0 saturated carbocycles. The summed E-state index contributed by atoms with van der Waals surface area (Å²) in [5.74, 6) is -0.0865. The van der Waals surface area contributed by atoms with E-state index in [-0.39, 0.29) is 17.9 Å². The average molecular weight is 431 g/mol. The van der Waals surface area contributed by atoms with Gasteiger partial charge in [-0.2, -0.15) is 5.10 Å². The van der Waals surface area contributed by atoms with Crippen molar-refractivity contribution in [2.45, 2.75) is 39.3 Å². The number of carbonyl (C=O) groups excluding carboxylic acids is 2. The van der Waals surface area contributed by atoms with Gasteiger partial charge in [-0.3, -0.25) is 9.59 Å². The number of carbonyl (C=O) groups is 2. The van der Waals surface area contributed by atoms with Crippen molar-refractivity contribution in [3.8, 4) is 0 Å². The molecule has 2 aliphatic heterocycles. The van der Waals surface area contributed by atoms with Crippen LogP contribution in [0.15, 0.2) is 24.3 Å². The van der Waals surface area contributed by atoms with Gasteiger partial charge in [0.25, 0.3) is 11.8 Å². The van der Waals surface area contributed by atoms with Crippen LogP contribution in [0.25, 0.3) is 0 Å². The van der Waals surface area contributed by atoms with Crippen molar-refractivity contribution in [2.24, 2.45) is 0 Å². The molecule has 160 valence electrons. The lowest BCUT2D eigenvalue weighted by Crippen LogP contribution is -2.52. The summed E-state index contributed by atoms with van der Waals surface area (Å²) in [6, 6.07) is 8.16. The molecule has 3 heterocycles. The van der Waals surface area contributed by atoms with Crippen LogP contribution in [0, 0.1) is 13.8 Å². The highest BCUT2D eigenvalue weighted by Crippen LogP contribution is 2.24. The zero-order valence-corrected chi connectivity index (χ0v) is 18.2. The Hall–Kier alpha value is -2.38. The molecule has 1 aromatic heterocycles. The van der Waals surface area contributed by atoms with Crippen molar-refractivity contribution in [1.82, 2.24) is 19.6 Å². The number of halogens is 1. The summed E-state index contributed by atoms with van der Waals surface area (Å²) in [5, 5.41) is 4.85. The van der Waals surface area contributed by atoms with Crippen LogP contribution in [0.5, 0.6) is 0 Å². The maximum Gasteiger partial charge on any atom is 0.259 e. The van der Waals surface area contributed by atoms with Crippen LogP contribution in [0.2, 0.25) is 5.15 Å². The van der Waals surface area contributed by atoms with E-state index in [1.54, 1.807) is 14.5 Å². The fraction of sp³-hybridized carbons (Fsp3) is 0.500. The number of benzene rings is 1. The molecule has 2 amide bonds. The summed E-state index contributed by atoms with van der Waals surface area (Å²) in [5.41, 5.74) is 3.33. The number of ether oxygens (including phenoxy) is 1. The minimum atomic E-state index is -0.316. The van der Waals surface area contributed by atoms with E-state index < -0.39 is 0 Å². The number of aromatic nitrogens is 2. The largest absolute Gasteiger partial charge is 0.368 e. The Bertz CT molecular complexity index is 927. The van der Waals surface area contributed by atoms with E-state index in [9.17, 15) is 9.59 Å². The highest BCUT2D eigenvalue weighted by Gasteiger charge is 2.33. The number of piperazine rings is 1.